The van der Waals surface area contributed by atoms with Gasteiger partial charge in [0.2, 0.25) is 0 Å². The van der Waals surface area contributed by atoms with Crippen molar-refractivity contribution < 1.29 is 24.0 Å². The Morgan fingerprint density at radius 2 is 1.96 bits per heavy atom. The van der Waals surface area contributed by atoms with E-state index in [1.807, 2.05) is 0 Å². The van der Waals surface area contributed by atoms with Crippen LogP contribution in [0.15, 0.2) is 42.5 Å². The number of nitrogens with zero attached hydrogens (tertiary/aromatic N) is 1. The minimum atomic E-state index is -0.594. The van der Waals surface area contributed by atoms with E-state index in [4.69, 9.17) is 9.47 Å². The molecule has 0 N–H and O–H groups in total. The van der Waals surface area contributed by atoms with E-state index in [2.05, 4.69) is 0 Å². The molecule has 0 saturated heterocycles. The molecule has 8 heteroatoms. The number of hydrogen-bond donors (Lipinski definition) is 0. The quantitative estimate of drug-likeness (QED) is 0.266. The third kappa shape index (κ3) is 5.82. The molecule has 0 fully saturated rings. The number of ether oxygens (including phenoxy) is 2. The van der Waals surface area contributed by atoms with E-state index in [1.165, 1.54) is 30.8 Å². The van der Waals surface area contributed by atoms with E-state index in [0.717, 1.165) is 5.56 Å². The summed E-state index contributed by atoms with van der Waals surface area (Å²) in [5.41, 5.74) is 1.91. The number of nitro benzene ring substituents is 1. The highest BCUT2D eigenvalue weighted by Crippen LogP contribution is 2.26. The summed E-state index contributed by atoms with van der Waals surface area (Å²) in [5, 5.41) is 10.9. The van der Waals surface area contributed by atoms with Crippen molar-refractivity contribution >= 4 is 29.2 Å². The van der Waals surface area contributed by atoms with Crippen LogP contribution in [0.2, 0.25) is 0 Å². The molecular formula is C20H21NO6S. The largest absolute Gasteiger partial charge is 0.496 e. The maximum atomic E-state index is 12.1. The average Bonchev–Trinajstić information content (AvgIpc) is 2.67. The lowest BCUT2D eigenvalue weighted by Gasteiger charge is -2.14. The van der Waals surface area contributed by atoms with Gasteiger partial charge in [0, 0.05) is 29.0 Å². The Bertz CT molecular complexity index is 883. The van der Waals surface area contributed by atoms with Crippen molar-refractivity contribution in [2.75, 3.05) is 12.9 Å². The minimum Gasteiger partial charge on any atom is -0.496 e. The van der Waals surface area contributed by atoms with Gasteiger partial charge >= 0.3 is 5.97 Å². The zero-order valence-electron chi connectivity index (χ0n) is 15.8. The second kappa shape index (κ2) is 9.89. The Morgan fingerprint density at radius 3 is 2.61 bits per heavy atom. The van der Waals surface area contributed by atoms with Crippen molar-refractivity contribution in [1.82, 2.24) is 0 Å². The molecule has 148 valence electrons. The molecule has 2 rings (SSSR count). The summed E-state index contributed by atoms with van der Waals surface area (Å²) in [6, 6.07) is 11.2. The summed E-state index contributed by atoms with van der Waals surface area (Å²) in [5.74, 6) is 0.762. The van der Waals surface area contributed by atoms with E-state index in [9.17, 15) is 19.7 Å². The van der Waals surface area contributed by atoms with E-state index in [0.29, 0.717) is 22.6 Å². The summed E-state index contributed by atoms with van der Waals surface area (Å²) in [6.45, 7) is 3.16. The van der Waals surface area contributed by atoms with Crippen molar-refractivity contribution in [1.29, 1.82) is 0 Å². The van der Waals surface area contributed by atoms with Crippen LogP contribution in [0.25, 0.3) is 0 Å². The Balaban J connectivity index is 1.92. The topological polar surface area (TPSA) is 95.7 Å². The molecule has 0 aliphatic rings. The fourth-order valence-corrected chi connectivity index (χ4v) is 3.33. The number of ketones is 1. The molecule has 2 aromatic carbocycles. The van der Waals surface area contributed by atoms with Crippen LogP contribution in [0.5, 0.6) is 5.75 Å². The van der Waals surface area contributed by atoms with Gasteiger partial charge in [-0.1, -0.05) is 12.1 Å². The van der Waals surface area contributed by atoms with Gasteiger partial charge in [-0.3, -0.25) is 19.7 Å². The first kappa shape index (κ1) is 21.4. The highest BCUT2D eigenvalue weighted by Gasteiger charge is 2.15. The molecule has 0 bridgehead atoms. The molecule has 0 unspecified atom stereocenters. The number of benzene rings is 2. The molecule has 0 aliphatic carbocycles. The first-order valence-corrected chi connectivity index (χ1v) is 9.66. The van der Waals surface area contributed by atoms with Crippen LogP contribution in [0.1, 0.15) is 41.4 Å². The van der Waals surface area contributed by atoms with E-state index in [-0.39, 0.29) is 17.2 Å². The van der Waals surface area contributed by atoms with Crippen LogP contribution in [-0.4, -0.2) is 29.5 Å². The first-order valence-electron chi connectivity index (χ1n) is 8.51. The number of thioether (sulfide) groups is 1. The highest BCUT2D eigenvalue weighted by atomic mass is 32.2. The lowest BCUT2D eigenvalue weighted by Crippen LogP contribution is -2.11. The number of methoxy groups -OCH3 is 1. The summed E-state index contributed by atoms with van der Waals surface area (Å²) in [4.78, 5) is 34.0. The zero-order chi connectivity index (χ0) is 20.7. The van der Waals surface area contributed by atoms with Gasteiger partial charge in [-0.05, 0) is 37.6 Å². The molecule has 7 nitrogen and oxygen atoms in total. The summed E-state index contributed by atoms with van der Waals surface area (Å²) in [6.07, 6.45) is -0.594. The maximum Gasteiger partial charge on any atom is 0.316 e. The molecule has 2 aromatic rings. The number of esters is 1. The number of rotatable bonds is 9. The maximum absolute atomic E-state index is 12.1. The molecule has 0 heterocycles. The molecule has 1 atom stereocenters. The smallest absolute Gasteiger partial charge is 0.316 e. The van der Waals surface area contributed by atoms with Gasteiger partial charge in [0.15, 0.2) is 5.78 Å². The summed E-state index contributed by atoms with van der Waals surface area (Å²) in [7, 11) is 1.55. The molecule has 0 aliphatic heterocycles. The lowest BCUT2D eigenvalue weighted by molar-refractivity contribution is -0.385. The molecule has 0 amide bonds. The highest BCUT2D eigenvalue weighted by molar-refractivity contribution is 7.99. The molecule has 0 spiro atoms. The number of carbonyl (C=O) groups excluding carboxylic acids is 2. The molecular weight excluding hydrogens is 382 g/mol. The van der Waals surface area contributed by atoms with Crippen LogP contribution in [0, 0.1) is 10.1 Å². The van der Waals surface area contributed by atoms with E-state index in [1.54, 1.807) is 44.4 Å². The normalized spacial score (nSPS) is 11.5. The molecule has 28 heavy (non-hydrogen) atoms. The number of non-ortho nitro benzene ring substituents is 1. The number of carbonyl (C=O) groups is 2. The zero-order valence-corrected chi connectivity index (χ0v) is 16.7. The summed E-state index contributed by atoms with van der Waals surface area (Å²) < 4.78 is 10.7. The standard InChI is InChI=1S/C20H21NO6S/c1-13(22)15-7-8-19(26-3)17(9-15)11-28-12-20(23)27-14(2)16-5-4-6-18(10-16)21(24)25/h4-10,14H,11-12H2,1-3H3/t14-/m1/s1. The van der Waals surface area contributed by atoms with Crippen molar-refractivity contribution in [3.63, 3.8) is 0 Å². The number of nitro groups is 1. The van der Waals surface area contributed by atoms with E-state index >= 15 is 0 Å². The third-order valence-corrected chi connectivity index (χ3v) is 4.98. The Morgan fingerprint density at radius 1 is 1.21 bits per heavy atom. The summed E-state index contributed by atoms with van der Waals surface area (Å²) >= 11 is 1.34. The molecule has 0 saturated carbocycles. The number of hydrogen-bond acceptors (Lipinski definition) is 7. The predicted molar refractivity (Wildman–Crippen MR) is 107 cm³/mol. The Labute approximate surface area is 167 Å². The second-order valence-electron chi connectivity index (χ2n) is 6.06. The van der Waals surface area contributed by atoms with Gasteiger partial charge in [0.25, 0.3) is 5.69 Å². The van der Waals surface area contributed by atoms with Crippen molar-refractivity contribution in [3.05, 3.63) is 69.3 Å². The van der Waals surface area contributed by atoms with Crippen LogP contribution in [-0.2, 0) is 15.3 Å². The van der Waals surface area contributed by atoms with Crippen LogP contribution >= 0.6 is 11.8 Å². The third-order valence-electron chi connectivity index (χ3n) is 4.02. The molecule has 0 radical (unpaired) electrons. The lowest BCUT2D eigenvalue weighted by atomic mass is 10.1. The van der Waals surface area contributed by atoms with Gasteiger partial charge in [0.05, 0.1) is 17.8 Å². The molecule has 0 aromatic heterocycles. The fraction of sp³-hybridized carbons (Fsp3) is 0.300. The van der Waals surface area contributed by atoms with Gasteiger partial charge in [-0.2, -0.15) is 0 Å². The SMILES string of the molecule is COc1ccc(C(C)=O)cc1CSCC(=O)O[C@H](C)c1cccc([N+](=O)[O-])c1. The minimum absolute atomic E-state index is 0.0425. The average molecular weight is 403 g/mol. The van der Waals surface area contributed by atoms with E-state index < -0.39 is 17.0 Å². The van der Waals surface area contributed by atoms with Crippen molar-refractivity contribution in [2.24, 2.45) is 0 Å². The second-order valence-corrected chi connectivity index (χ2v) is 7.05. The predicted octanol–water partition coefficient (Wildman–Crippen LogP) is 4.34. The van der Waals surface area contributed by atoms with Gasteiger partial charge in [-0.25, -0.2) is 0 Å². The monoisotopic (exact) mass is 403 g/mol. The van der Waals surface area contributed by atoms with Crippen LogP contribution < -0.4 is 4.74 Å². The van der Waals surface area contributed by atoms with Crippen LogP contribution in [0.4, 0.5) is 5.69 Å². The van der Waals surface area contributed by atoms with Crippen LogP contribution in [0.3, 0.4) is 0 Å². The van der Waals surface area contributed by atoms with Gasteiger partial charge in [-0.15, -0.1) is 11.8 Å². The Hall–Kier alpha value is -2.87. The van der Waals surface area contributed by atoms with Crippen molar-refractivity contribution in [3.8, 4) is 5.75 Å². The van der Waals surface area contributed by atoms with Gasteiger partial charge in [0.1, 0.15) is 11.9 Å². The fourth-order valence-electron chi connectivity index (χ4n) is 2.55. The van der Waals surface area contributed by atoms with Gasteiger partial charge < -0.3 is 9.47 Å². The Kier molecular flexibility index (Phi) is 7.57. The first-order chi connectivity index (χ1) is 13.3. The van der Waals surface area contributed by atoms with Crippen molar-refractivity contribution in [2.45, 2.75) is 25.7 Å². The number of Topliss-reactive ketones (excluding diaryl/α,β-unsaturated/α-hetero) is 1.